The number of methoxy groups -OCH3 is 2. The lowest BCUT2D eigenvalue weighted by atomic mass is 9.73. The van der Waals surface area contributed by atoms with Crippen molar-refractivity contribution in [2.75, 3.05) is 53.7 Å². The van der Waals surface area contributed by atoms with E-state index in [2.05, 4.69) is 20.3 Å². The van der Waals surface area contributed by atoms with Gasteiger partial charge < -0.3 is 68.3 Å². The fourth-order valence-electron chi connectivity index (χ4n) is 11.8. The predicted molar refractivity (Wildman–Crippen MR) is 262 cm³/mol. The highest BCUT2D eigenvalue weighted by Gasteiger charge is 2.61. The van der Waals surface area contributed by atoms with E-state index in [1.807, 2.05) is 65.1 Å². The lowest BCUT2D eigenvalue weighted by Crippen LogP contribution is -2.62. The average Bonchev–Trinajstić information content (AvgIpc) is 3.86. The zero-order valence-corrected chi connectivity index (χ0v) is 45.0. The Morgan fingerprint density at radius 2 is 1.60 bits per heavy atom. The van der Waals surface area contributed by atoms with Crippen LogP contribution in [0.2, 0.25) is 0 Å². The Hall–Kier alpha value is -4.13. The van der Waals surface area contributed by atoms with Gasteiger partial charge in [0.15, 0.2) is 35.8 Å². The Balaban J connectivity index is 1.37. The fraction of sp³-hybridized carbons (Fsp3) is 0.820. The highest BCUT2D eigenvalue weighted by atomic mass is 16.7. The first-order valence-corrected chi connectivity index (χ1v) is 25.4. The van der Waals surface area contributed by atoms with Crippen LogP contribution < -0.4 is 11.1 Å². The number of cyclic esters (lactones) is 1. The molecular formula is C50H82N8O14. The van der Waals surface area contributed by atoms with Crippen LogP contribution in [0.3, 0.4) is 0 Å². The summed E-state index contributed by atoms with van der Waals surface area (Å²) in [6.07, 6.45) is -4.72. The Labute approximate surface area is 423 Å². The van der Waals surface area contributed by atoms with Crippen LogP contribution in [0.15, 0.2) is 12.7 Å². The van der Waals surface area contributed by atoms with Gasteiger partial charge in [-0.25, -0.2) is 19.7 Å². The first kappa shape index (κ1) is 57.2. The molecule has 4 N–H and O–H groups in total. The molecule has 72 heavy (non-hydrogen) atoms. The summed E-state index contributed by atoms with van der Waals surface area (Å²) in [5, 5.41) is 15.3. The summed E-state index contributed by atoms with van der Waals surface area (Å²) < 4.78 is 59.7. The number of nitrogens with zero attached hydrogens (tertiary/aromatic N) is 6. The zero-order chi connectivity index (χ0) is 53.2. The third kappa shape index (κ3) is 11.7. The van der Waals surface area contributed by atoms with Crippen molar-refractivity contribution in [2.45, 2.75) is 193 Å². The Bertz CT molecular complexity index is 2200. The number of carbonyl (C=O) groups excluding carboxylic acids is 4. The second-order valence-electron chi connectivity index (χ2n) is 21.4. The molecule has 0 radical (unpaired) electrons. The summed E-state index contributed by atoms with van der Waals surface area (Å²) in [6.45, 7) is 20.9. The largest absolute Gasteiger partial charge is 0.458 e. The SMILES string of the molecule is CC[C@H]1OC(=O)[C@H](C)[C@@H](O[C@H]2C[C@@](C)(OC)[C@@H](OC(C)=O)[C@H](C)O2)[C@H](C)[C@@H](O[C@@H]2O[C@H](C)C[C@H](N(C)C)[C@H]2O)[C@](C)(OC)C[C@@H](C)C(=O)[C@H](C)[C@@H]2N(CCNCCn3cnc4c(N)ncnc43)C(=O)O[C@@]21C. The van der Waals surface area contributed by atoms with Gasteiger partial charge in [-0.05, 0) is 74.9 Å². The van der Waals surface area contributed by atoms with Gasteiger partial charge in [0.25, 0.3) is 0 Å². The molecule has 6 heterocycles. The van der Waals surface area contributed by atoms with Gasteiger partial charge in [-0.2, -0.15) is 0 Å². The quantitative estimate of drug-likeness (QED) is 0.131. The van der Waals surface area contributed by atoms with Crippen LogP contribution in [0.25, 0.3) is 11.2 Å². The normalized spacial score (nSPS) is 39.4. The van der Waals surface area contributed by atoms with E-state index < -0.39 is 114 Å². The third-order valence-electron chi connectivity index (χ3n) is 15.9. The number of amides is 1. The van der Waals surface area contributed by atoms with Crippen LogP contribution in [-0.2, 0) is 63.6 Å². The molecule has 1 amide bonds. The monoisotopic (exact) mass is 1020 g/mol. The van der Waals surface area contributed by atoms with Gasteiger partial charge in [0.1, 0.15) is 35.4 Å². The van der Waals surface area contributed by atoms with Gasteiger partial charge in [-0.1, -0.05) is 27.7 Å². The van der Waals surface area contributed by atoms with Gasteiger partial charge >= 0.3 is 18.0 Å². The van der Waals surface area contributed by atoms with E-state index in [1.54, 1.807) is 38.9 Å². The lowest BCUT2D eigenvalue weighted by Gasteiger charge is -2.50. The molecule has 22 nitrogen and oxygen atoms in total. The van der Waals surface area contributed by atoms with Crippen LogP contribution >= 0.6 is 0 Å². The van der Waals surface area contributed by atoms with Crippen molar-refractivity contribution < 1.29 is 66.9 Å². The number of likely N-dealkylation sites (N-methyl/N-ethyl adjacent to an activating group) is 1. The van der Waals surface area contributed by atoms with Gasteiger partial charge in [-0.15, -0.1) is 0 Å². The van der Waals surface area contributed by atoms with Crippen molar-refractivity contribution in [1.29, 1.82) is 0 Å². The summed E-state index contributed by atoms with van der Waals surface area (Å²) in [5.41, 5.74) is 3.26. The van der Waals surface area contributed by atoms with Crippen molar-refractivity contribution in [3.05, 3.63) is 12.7 Å². The highest BCUT2D eigenvalue weighted by molar-refractivity contribution is 5.85. The molecule has 6 rings (SSSR count). The molecule has 0 spiro atoms. The number of esters is 2. The van der Waals surface area contributed by atoms with Crippen LogP contribution in [0, 0.1) is 23.7 Å². The first-order chi connectivity index (χ1) is 33.8. The van der Waals surface area contributed by atoms with Crippen LogP contribution in [0.4, 0.5) is 10.6 Å². The van der Waals surface area contributed by atoms with Gasteiger partial charge in [0, 0.05) is 77.5 Å². The molecule has 406 valence electrons. The van der Waals surface area contributed by atoms with Crippen LogP contribution in [-0.4, -0.2) is 190 Å². The van der Waals surface area contributed by atoms with E-state index in [0.29, 0.717) is 37.2 Å². The number of nitrogens with two attached hydrogens (primary N) is 1. The van der Waals surface area contributed by atoms with Crippen molar-refractivity contribution in [3.8, 4) is 0 Å². The molecule has 2 aromatic rings. The van der Waals surface area contributed by atoms with Crippen LogP contribution in [0.1, 0.15) is 102 Å². The van der Waals surface area contributed by atoms with Gasteiger partial charge in [0.05, 0.1) is 48.3 Å². The third-order valence-corrected chi connectivity index (χ3v) is 15.9. The van der Waals surface area contributed by atoms with E-state index in [-0.39, 0.29) is 49.6 Å². The zero-order valence-electron chi connectivity index (χ0n) is 45.0. The smallest absolute Gasteiger partial charge is 0.410 e. The van der Waals surface area contributed by atoms with Gasteiger partial charge in [-0.3, -0.25) is 19.3 Å². The summed E-state index contributed by atoms with van der Waals surface area (Å²) in [7, 11) is 6.83. The molecule has 4 fully saturated rings. The van der Waals surface area contributed by atoms with E-state index in [4.69, 9.17) is 48.4 Å². The molecule has 0 aromatic carbocycles. The highest BCUT2D eigenvalue weighted by Crippen LogP contribution is 2.45. The average molecular weight is 1020 g/mol. The molecule has 4 aliphatic rings. The summed E-state index contributed by atoms with van der Waals surface area (Å²) in [4.78, 5) is 72.8. The molecule has 4 saturated heterocycles. The number of aromatic nitrogens is 4. The number of anilines is 1. The topological polar surface area (TPSA) is 260 Å². The number of nitrogen functional groups attached to an aromatic ring is 1. The predicted octanol–water partition coefficient (Wildman–Crippen LogP) is 3.49. The molecule has 0 bridgehead atoms. The van der Waals surface area contributed by atoms with Crippen molar-refractivity contribution in [2.24, 2.45) is 23.7 Å². The standard InChI is InChI=1S/C50H82N8O14/c1-16-34-50(11)40(58(47(63)72-50)20-18-52-17-19-57-25-55-36-43(51)53-24-54-44(36)57)28(4)37(60)26(2)22-48(9,64-14)41(71-46-38(61)33(56(12)13)21-27(3)66-46)29(5)39(30(6)45(62)69-34)70-35-23-49(10,65-15)42(31(7)67-35)68-32(8)59/h24-31,33-35,38-42,46,52,61H,16-23H2,1-15H3,(H2,51,53,54)/t26-,27-,28+,29+,30-,31+,33+,34-,35+,38-,39+,40+,41-,42+,46+,48-,49-,50-/m1/s1. The molecule has 0 saturated carbocycles. The van der Waals surface area contributed by atoms with Crippen LogP contribution in [0.5, 0.6) is 0 Å². The van der Waals surface area contributed by atoms with Crippen molar-refractivity contribution in [1.82, 2.24) is 34.6 Å². The molecule has 4 aliphatic heterocycles. The summed E-state index contributed by atoms with van der Waals surface area (Å²) in [6, 6.07) is -1.19. The molecule has 0 unspecified atom stereocenters. The maximum absolute atomic E-state index is 15.1. The molecule has 0 aliphatic carbocycles. The number of aliphatic hydroxyl groups excluding tert-OH is 1. The number of carbonyl (C=O) groups is 4. The number of hydrogen-bond acceptors (Lipinski definition) is 20. The minimum atomic E-state index is -1.48. The van der Waals surface area contributed by atoms with E-state index in [9.17, 15) is 14.7 Å². The maximum atomic E-state index is 15.1. The van der Waals surface area contributed by atoms with Crippen molar-refractivity contribution in [3.63, 3.8) is 0 Å². The van der Waals surface area contributed by atoms with E-state index in [0.717, 1.165) is 0 Å². The summed E-state index contributed by atoms with van der Waals surface area (Å²) in [5.74, 6) is -4.37. The number of nitrogens with one attached hydrogen (secondary N) is 1. The van der Waals surface area contributed by atoms with E-state index >= 15 is 9.59 Å². The minimum absolute atomic E-state index is 0.0994. The number of hydrogen-bond donors (Lipinski definition) is 3. The number of Topliss-reactive ketones (excluding diaryl/α,β-unsaturated/α-hetero) is 1. The van der Waals surface area contributed by atoms with Gasteiger partial charge in [0.2, 0.25) is 0 Å². The second kappa shape index (κ2) is 23.2. The number of aliphatic hydroxyl groups is 1. The Morgan fingerprint density at radius 3 is 2.24 bits per heavy atom. The molecule has 18 atom stereocenters. The maximum Gasteiger partial charge on any atom is 0.410 e. The summed E-state index contributed by atoms with van der Waals surface area (Å²) >= 11 is 0. The Kier molecular flexibility index (Phi) is 18.4. The number of fused-ring (bicyclic) bond motifs is 2. The molecular weight excluding hydrogens is 937 g/mol. The number of rotatable bonds is 15. The Morgan fingerprint density at radius 1 is 0.931 bits per heavy atom. The van der Waals surface area contributed by atoms with Crippen molar-refractivity contribution >= 4 is 40.8 Å². The van der Waals surface area contributed by atoms with E-state index in [1.165, 1.54) is 27.5 Å². The first-order valence-electron chi connectivity index (χ1n) is 25.4. The molecule has 2 aromatic heterocycles. The molecule has 22 heteroatoms. The fourth-order valence-corrected chi connectivity index (χ4v) is 11.8. The number of imidazole rings is 1. The lowest BCUT2D eigenvalue weighted by molar-refractivity contribution is -0.320. The minimum Gasteiger partial charge on any atom is -0.458 e. The number of ketones is 1. The second-order valence-corrected chi connectivity index (χ2v) is 21.4. The number of ether oxygens (including phenoxy) is 9.